The molecule has 9 heteroatoms. The van der Waals surface area contributed by atoms with E-state index in [9.17, 15) is 9.59 Å². The number of nitrogens with zero attached hydrogens (tertiary/aromatic N) is 5. The third-order valence-corrected chi connectivity index (χ3v) is 4.66. The van der Waals surface area contributed by atoms with Gasteiger partial charge < -0.3 is 9.73 Å². The van der Waals surface area contributed by atoms with E-state index in [4.69, 9.17) is 4.42 Å². The van der Waals surface area contributed by atoms with E-state index in [2.05, 4.69) is 15.5 Å². The van der Waals surface area contributed by atoms with Crippen molar-refractivity contribution in [2.75, 3.05) is 5.32 Å². The Morgan fingerprint density at radius 1 is 1.22 bits per heavy atom. The van der Waals surface area contributed by atoms with Crippen molar-refractivity contribution < 1.29 is 9.21 Å². The molecule has 0 atom stereocenters. The number of hydrogen-bond donors (Lipinski definition) is 1. The van der Waals surface area contributed by atoms with Gasteiger partial charge in [-0.2, -0.15) is 10.2 Å². The standard InChI is InChI=1S/C18H22N6O3/c1-13-6-7-14(27-13)11-23-15(8-9-19-23)20-17(25)12-24-18(26)22-10-4-2-3-5-16(22)21-24/h6-9H,2-5,10-12H2,1H3,(H,20,25). The molecular weight excluding hydrogens is 348 g/mol. The van der Waals surface area contributed by atoms with Gasteiger partial charge in [-0.05, 0) is 31.9 Å². The monoisotopic (exact) mass is 370 g/mol. The maximum atomic E-state index is 12.5. The fourth-order valence-electron chi connectivity index (χ4n) is 3.33. The largest absolute Gasteiger partial charge is 0.464 e. The number of aromatic nitrogens is 5. The van der Waals surface area contributed by atoms with Crippen LogP contribution in [-0.4, -0.2) is 30.0 Å². The molecule has 0 unspecified atom stereocenters. The van der Waals surface area contributed by atoms with E-state index in [-0.39, 0.29) is 18.1 Å². The average molecular weight is 370 g/mol. The number of fused-ring (bicyclic) bond motifs is 1. The van der Waals surface area contributed by atoms with Crippen molar-refractivity contribution in [3.8, 4) is 0 Å². The predicted octanol–water partition coefficient (Wildman–Crippen LogP) is 1.56. The zero-order chi connectivity index (χ0) is 18.8. The molecule has 142 valence electrons. The molecule has 27 heavy (non-hydrogen) atoms. The van der Waals surface area contributed by atoms with Gasteiger partial charge in [0.05, 0.1) is 6.20 Å². The molecule has 1 aliphatic rings. The molecule has 0 bridgehead atoms. The van der Waals surface area contributed by atoms with Crippen LogP contribution in [0.4, 0.5) is 5.82 Å². The van der Waals surface area contributed by atoms with Gasteiger partial charge in [0.25, 0.3) is 0 Å². The first-order valence-electron chi connectivity index (χ1n) is 9.13. The second-order valence-corrected chi connectivity index (χ2v) is 6.75. The number of aryl methyl sites for hydroxylation is 2. The van der Waals surface area contributed by atoms with E-state index in [0.29, 0.717) is 18.9 Å². The number of carbonyl (C=O) groups excluding carboxylic acids is 1. The van der Waals surface area contributed by atoms with Gasteiger partial charge in [-0.3, -0.25) is 9.36 Å². The van der Waals surface area contributed by atoms with Crippen molar-refractivity contribution in [2.24, 2.45) is 0 Å². The highest BCUT2D eigenvalue weighted by Gasteiger charge is 2.18. The fourth-order valence-corrected chi connectivity index (χ4v) is 3.33. The van der Waals surface area contributed by atoms with Crippen molar-refractivity contribution in [2.45, 2.75) is 52.2 Å². The molecule has 0 spiro atoms. The van der Waals surface area contributed by atoms with E-state index in [1.165, 1.54) is 4.68 Å². The number of carbonyl (C=O) groups is 1. The topological polar surface area (TPSA) is 99.9 Å². The molecule has 0 aliphatic carbocycles. The van der Waals surface area contributed by atoms with Crippen LogP contribution in [0.5, 0.6) is 0 Å². The van der Waals surface area contributed by atoms with Gasteiger partial charge >= 0.3 is 5.69 Å². The molecule has 1 N–H and O–H groups in total. The molecular formula is C18H22N6O3. The highest BCUT2D eigenvalue weighted by molar-refractivity contribution is 5.89. The normalized spacial score (nSPS) is 14.0. The van der Waals surface area contributed by atoms with Crippen LogP contribution >= 0.6 is 0 Å². The number of furan rings is 1. The molecule has 3 aromatic rings. The molecule has 4 rings (SSSR count). The summed E-state index contributed by atoms with van der Waals surface area (Å²) < 4.78 is 10.1. The Bertz CT molecular complexity index is 1010. The average Bonchev–Trinajstić information content (AvgIpc) is 3.26. The predicted molar refractivity (Wildman–Crippen MR) is 97.4 cm³/mol. The zero-order valence-electron chi connectivity index (χ0n) is 15.2. The molecule has 0 aromatic carbocycles. The van der Waals surface area contributed by atoms with Gasteiger partial charge in [0.1, 0.15) is 36.3 Å². The Hall–Kier alpha value is -3.10. The molecule has 0 saturated heterocycles. The summed E-state index contributed by atoms with van der Waals surface area (Å²) in [5.74, 6) is 2.57. The lowest BCUT2D eigenvalue weighted by Crippen LogP contribution is -2.30. The third-order valence-electron chi connectivity index (χ3n) is 4.66. The van der Waals surface area contributed by atoms with Gasteiger partial charge in [0, 0.05) is 19.0 Å². The third kappa shape index (κ3) is 3.71. The first-order valence-corrected chi connectivity index (χ1v) is 9.13. The maximum absolute atomic E-state index is 12.5. The summed E-state index contributed by atoms with van der Waals surface area (Å²) in [5, 5.41) is 11.4. The number of anilines is 1. The van der Waals surface area contributed by atoms with Gasteiger partial charge in [0.15, 0.2) is 0 Å². The lowest BCUT2D eigenvalue weighted by Gasteiger charge is -2.07. The van der Waals surface area contributed by atoms with E-state index < -0.39 is 0 Å². The summed E-state index contributed by atoms with van der Waals surface area (Å²) in [6.45, 7) is 2.84. The first kappa shape index (κ1) is 17.3. The zero-order valence-corrected chi connectivity index (χ0v) is 15.2. The van der Waals surface area contributed by atoms with E-state index in [0.717, 1.165) is 43.0 Å². The van der Waals surface area contributed by atoms with Crippen LogP contribution in [0.25, 0.3) is 0 Å². The Balaban J connectivity index is 1.45. The summed E-state index contributed by atoms with van der Waals surface area (Å²) in [4.78, 5) is 24.9. The minimum atomic E-state index is -0.317. The Morgan fingerprint density at radius 3 is 2.93 bits per heavy atom. The quantitative estimate of drug-likeness (QED) is 0.735. The summed E-state index contributed by atoms with van der Waals surface area (Å²) >= 11 is 0. The second-order valence-electron chi connectivity index (χ2n) is 6.75. The van der Waals surface area contributed by atoms with Crippen LogP contribution < -0.4 is 11.0 Å². The smallest absolute Gasteiger partial charge is 0.346 e. The van der Waals surface area contributed by atoms with Crippen molar-refractivity contribution in [1.29, 1.82) is 0 Å². The lowest BCUT2D eigenvalue weighted by molar-refractivity contribution is -0.117. The Kier molecular flexibility index (Phi) is 4.66. The number of hydrogen-bond acceptors (Lipinski definition) is 5. The molecule has 0 saturated carbocycles. The fraction of sp³-hybridized carbons (Fsp3) is 0.444. The van der Waals surface area contributed by atoms with E-state index >= 15 is 0 Å². The van der Waals surface area contributed by atoms with Gasteiger partial charge in [0.2, 0.25) is 5.91 Å². The molecule has 0 fully saturated rings. The molecule has 4 heterocycles. The molecule has 0 radical (unpaired) electrons. The molecule has 1 aliphatic heterocycles. The molecule has 1 amide bonds. The highest BCUT2D eigenvalue weighted by Crippen LogP contribution is 2.13. The van der Waals surface area contributed by atoms with E-state index in [1.807, 2.05) is 19.1 Å². The van der Waals surface area contributed by atoms with Crippen molar-refractivity contribution in [3.63, 3.8) is 0 Å². The summed E-state index contributed by atoms with van der Waals surface area (Å²) in [7, 11) is 0. The summed E-state index contributed by atoms with van der Waals surface area (Å²) in [5.41, 5.74) is -0.221. The number of nitrogens with one attached hydrogen (secondary N) is 1. The van der Waals surface area contributed by atoms with Gasteiger partial charge in [-0.1, -0.05) is 6.42 Å². The summed E-state index contributed by atoms with van der Waals surface area (Å²) in [6, 6.07) is 5.46. The number of rotatable bonds is 5. The first-order chi connectivity index (χ1) is 13.1. The minimum absolute atomic E-state index is 0.121. The lowest BCUT2D eigenvalue weighted by atomic mass is 10.2. The molecule has 3 aromatic heterocycles. The Morgan fingerprint density at radius 2 is 2.11 bits per heavy atom. The van der Waals surface area contributed by atoms with Crippen LogP contribution in [0.3, 0.4) is 0 Å². The SMILES string of the molecule is Cc1ccc(Cn2nccc2NC(=O)Cn2nc3n(c2=O)CCCCC3)o1. The van der Waals surface area contributed by atoms with Crippen LogP contribution in [0.15, 0.2) is 33.6 Å². The second kappa shape index (κ2) is 7.26. The van der Waals surface area contributed by atoms with Crippen LogP contribution in [0.1, 0.15) is 36.6 Å². The maximum Gasteiger partial charge on any atom is 0.346 e. The van der Waals surface area contributed by atoms with Crippen molar-refractivity contribution >= 4 is 11.7 Å². The molecule has 9 nitrogen and oxygen atoms in total. The van der Waals surface area contributed by atoms with Gasteiger partial charge in [-0.25, -0.2) is 14.2 Å². The Labute approximate surface area is 155 Å². The van der Waals surface area contributed by atoms with Gasteiger partial charge in [-0.15, -0.1) is 0 Å². The summed E-state index contributed by atoms with van der Waals surface area (Å²) in [6.07, 6.45) is 5.47. The van der Waals surface area contributed by atoms with Crippen molar-refractivity contribution in [3.05, 3.63) is 52.2 Å². The van der Waals surface area contributed by atoms with Crippen LogP contribution in [-0.2, 0) is 30.8 Å². The highest BCUT2D eigenvalue weighted by atomic mass is 16.3. The van der Waals surface area contributed by atoms with E-state index in [1.54, 1.807) is 21.5 Å². The van der Waals surface area contributed by atoms with Crippen molar-refractivity contribution in [1.82, 2.24) is 24.1 Å². The van der Waals surface area contributed by atoms with Crippen LogP contribution in [0.2, 0.25) is 0 Å². The minimum Gasteiger partial charge on any atom is -0.464 e. The van der Waals surface area contributed by atoms with Crippen LogP contribution in [0, 0.1) is 6.92 Å². The number of amides is 1.